The summed E-state index contributed by atoms with van der Waals surface area (Å²) in [5.74, 6) is -0.679. The zero-order valence-corrected chi connectivity index (χ0v) is 23.5. The summed E-state index contributed by atoms with van der Waals surface area (Å²) in [6.07, 6.45) is 2.65. The van der Waals surface area contributed by atoms with Gasteiger partial charge in [-0.1, -0.05) is 20.8 Å². The summed E-state index contributed by atoms with van der Waals surface area (Å²) in [5, 5.41) is 11.2. The van der Waals surface area contributed by atoms with Crippen molar-refractivity contribution in [2.75, 3.05) is 13.2 Å². The average Bonchev–Trinajstić information content (AvgIpc) is 3.33. The van der Waals surface area contributed by atoms with Crippen molar-refractivity contribution in [3.05, 3.63) is 23.5 Å². The molecule has 3 rings (SSSR count). The molecule has 2 aliphatic rings. The van der Waals surface area contributed by atoms with Gasteiger partial charge in [0.1, 0.15) is 6.10 Å². The molecule has 0 radical (unpaired) electrons. The zero-order valence-electron chi connectivity index (χ0n) is 22.5. The van der Waals surface area contributed by atoms with E-state index in [1.54, 1.807) is 6.07 Å². The second kappa shape index (κ2) is 11.5. The highest BCUT2D eigenvalue weighted by molar-refractivity contribution is 6.74. The Labute approximate surface area is 211 Å². The first-order valence-corrected chi connectivity index (χ1v) is 15.8. The number of rotatable bonds is 11. The summed E-state index contributed by atoms with van der Waals surface area (Å²) < 4.78 is 32.1. The molecule has 1 aromatic heterocycles. The van der Waals surface area contributed by atoms with Crippen molar-refractivity contribution in [2.45, 2.75) is 122 Å². The third kappa shape index (κ3) is 7.71. The van der Waals surface area contributed by atoms with Gasteiger partial charge in [-0.15, -0.1) is 0 Å². The molecular weight excluding hydrogens is 466 g/mol. The monoisotopic (exact) mass is 511 g/mol. The van der Waals surface area contributed by atoms with Crippen LogP contribution in [0, 0.1) is 0 Å². The summed E-state index contributed by atoms with van der Waals surface area (Å²) in [7, 11) is -2.13. The molecule has 0 bridgehead atoms. The van der Waals surface area contributed by atoms with Gasteiger partial charge >= 0.3 is 0 Å². The lowest BCUT2D eigenvalue weighted by Crippen LogP contribution is -2.49. The highest BCUT2D eigenvalue weighted by Crippen LogP contribution is 2.39. The smallest absolute Gasteiger partial charge is 0.192 e. The van der Waals surface area contributed by atoms with Crippen molar-refractivity contribution in [3.63, 3.8) is 0 Å². The minimum atomic E-state index is -2.13. The van der Waals surface area contributed by atoms with Crippen molar-refractivity contribution in [2.24, 2.45) is 0 Å². The molecule has 1 N–H and O–H groups in total. The summed E-state index contributed by atoms with van der Waals surface area (Å²) >= 11 is 0. The zero-order chi connectivity index (χ0) is 25.9. The lowest BCUT2D eigenvalue weighted by molar-refractivity contribution is -0.170. The number of hydrogen-bond acceptors (Lipinski definition) is 7. The van der Waals surface area contributed by atoms with Crippen molar-refractivity contribution in [3.8, 4) is 0 Å². The minimum absolute atomic E-state index is 0.0159. The molecule has 2 aliphatic heterocycles. The number of aliphatic hydroxyl groups excluding tert-OH is 1. The van der Waals surface area contributed by atoms with Gasteiger partial charge in [0.05, 0.1) is 31.1 Å². The van der Waals surface area contributed by atoms with E-state index in [1.807, 2.05) is 24.5 Å². The number of ether oxygens (including phenoxy) is 4. The largest absolute Gasteiger partial charge is 0.411 e. The molecule has 35 heavy (non-hydrogen) atoms. The van der Waals surface area contributed by atoms with Gasteiger partial charge in [0.25, 0.3) is 0 Å². The molecular formula is C26H45NO7Si. The molecule has 3 heterocycles. The number of hydrogen-bond donors (Lipinski definition) is 1. The maximum atomic E-state index is 11.7. The van der Waals surface area contributed by atoms with Crippen LogP contribution in [0.4, 0.5) is 0 Å². The molecule has 0 aliphatic carbocycles. The second-order valence-electron chi connectivity index (χ2n) is 11.8. The number of aliphatic hydroxyl groups is 1. The Kier molecular flexibility index (Phi) is 9.40. The highest BCUT2D eigenvalue weighted by Gasteiger charge is 2.45. The number of aldehydes is 1. The van der Waals surface area contributed by atoms with E-state index >= 15 is 0 Å². The molecule has 8 nitrogen and oxygen atoms in total. The average molecular weight is 512 g/mol. The Hall–Kier alpha value is -1.07. The van der Waals surface area contributed by atoms with Gasteiger partial charge in [-0.25, -0.2) is 0 Å². The van der Waals surface area contributed by atoms with Gasteiger partial charge in [-0.3, -0.25) is 4.79 Å². The van der Waals surface area contributed by atoms with Crippen LogP contribution < -0.4 is 0 Å². The van der Waals surface area contributed by atoms with Crippen molar-refractivity contribution in [1.82, 2.24) is 4.57 Å². The molecule has 0 saturated carbocycles. The van der Waals surface area contributed by atoms with Crippen LogP contribution in [0.5, 0.6) is 0 Å². The van der Waals surface area contributed by atoms with Crippen LogP contribution in [0.1, 0.15) is 76.5 Å². The van der Waals surface area contributed by atoms with E-state index in [1.165, 1.54) is 0 Å². The molecule has 200 valence electrons. The highest BCUT2D eigenvalue weighted by atomic mass is 28.4. The Balaban J connectivity index is 1.71. The van der Waals surface area contributed by atoms with Crippen LogP contribution in [0.25, 0.3) is 0 Å². The van der Waals surface area contributed by atoms with Crippen LogP contribution in [-0.2, 0) is 36.5 Å². The molecule has 1 aromatic rings. The van der Waals surface area contributed by atoms with Gasteiger partial charge in [0, 0.05) is 25.3 Å². The molecule has 4 atom stereocenters. The van der Waals surface area contributed by atoms with E-state index < -0.39 is 20.2 Å². The fraction of sp³-hybridized carbons (Fsp3) is 0.808. The van der Waals surface area contributed by atoms with Crippen LogP contribution in [0.15, 0.2) is 12.1 Å². The van der Waals surface area contributed by atoms with E-state index in [0.29, 0.717) is 31.9 Å². The number of aromatic nitrogens is 1. The number of carbonyl (C=O) groups is 1. The Morgan fingerprint density at radius 3 is 2.60 bits per heavy atom. The van der Waals surface area contributed by atoms with Crippen LogP contribution in [0.2, 0.25) is 18.1 Å². The molecule has 0 aromatic carbocycles. The fourth-order valence-corrected chi connectivity index (χ4v) is 5.64. The molecule has 2 saturated heterocycles. The summed E-state index contributed by atoms with van der Waals surface area (Å²) in [4.78, 5) is 11.7. The van der Waals surface area contributed by atoms with Crippen LogP contribution in [0.3, 0.4) is 0 Å². The molecule has 3 unspecified atom stereocenters. The Morgan fingerprint density at radius 1 is 1.29 bits per heavy atom. The lowest BCUT2D eigenvalue weighted by Gasteiger charge is -2.41. The molecule has 0 amide bonds. The molecule has 0 spiro atoms. The van der Waals surface area contributed by atoms with E-state index in [0.717, 1.165) is 31.2 Å². The quantitative estimate of drug-likeness (QED) is 0.342. The SMILES string of the molecule is CC1(C)OC[C@H](C(CC(O)Cn2c(C=O)ccc2COC2CCCCO2)O[Si](C)(C)C(C)(C)C)O1. The second-order valence-corrected chi connectivity index (χ2v) is 16.5. The van der Waals surface area contributed by atoms with Crippen molar-refractivity contribution in [1.29, 1.82) is 0 Å². The standard InChI is InChI=1S/C26H45NO7Si/c1-25(2,3)35(6,7)34-22(23-18-32-26(4,5)33-23)14-21(29)15-27-19(16-28)11-12-20(27)17-31-24-10-8-9-13-30-24/h11-12,16,21-24,29H,8-10,13-15,17-18H2,1-7H3/t21?,22?,23-,24?/m1/s1. The third-order valence-corrected chi connectivity index (χ3v) is 11.9. The predicted octanol–water partition coefficient (Wildman–Crippen LogP) is 4.64. The first kappa shape index (κ1) is 28.5. The first-order chi connectivity index (χ1) is 16.3. The Bertz CT molecular complexity index is 826. The first-order valence-electron chi connectivity index (χ1n) is 12.9. The van der Waals surface area contributed by atoms with Crippen molar-refractivity contribution < 1.29 is 33.3 Å². The summed E-state index contributed by atoms with van der Waals surface area (Å²) in [6, 6.07) is 3.64. The van der Waals surface area contributed by atoms with E-state index in [-0.39, 0.29) is 30.1 Å². The van der Waals surface area contributed by atoms with E-state index in [9.17, 15) is 9.90 Å². The van der Waals surface area contributed by atoms with Gasteiger partial charge < -0.3 is 33.0 Å². The van der Waals surface area contributed by atoms with Crippen molar-refractivity contribution >= 4 is 14.6 Å². The fourth-order valence-electron chi connectivity index (χ4n) is 4.28. The van der Waals surface area contributed by atoms with Gasteiger partial charge in [0.15, 0.2) is 26.7 Å². The van der Waals surface area contributed by atoms with Crippen LogP contribution in [-0.4, -0.2) is 67.9 Å². The molecule has 2 fully saturated rings. The lowest BCUT2D eigenvalue weighted by atomic mass is 10.1. The van der Waals surface area contributed by atoms with Gasteiger partial charge in [-0.05, 0) is 63.4 Å². The normalized spacial score (nSPS) is 24.9. The minimum Gasteiger partial charge on any atom is -0.411 e. The summed E-state index contributed by atoms with van der Waals surface area (Å²) in [6.45, 7) is 16.5. The maximum absolute atomic E-state index is 11.7. The maximum Gasteiger partial charge on any atom is 0.192 e. The van der Waals surface area contributed by atoms with E-state index in [2.05, 4.69) is 33.9 Å². The van der Waals surface area contributed by atoms with Crippen LogP contribution >= 0.6 is 0 Å². The Morgan fingerprint density at radius 2 is 2.03 bits per heavy atom. The van der Waals surface area contributed by atoms with Gasteiger partial charge in [-0.2, -0.15) is 0 Å². The number of nitrogens with zero attached hydrogens (tertiary/aromatic N) is 1. The molecule has 9 heteroatoms. The van der Waals surface area contributed by atoms with E-state index in [4.69, 9.17) is 23.4 Å². The van der Waals surface area contributed by atoms with Gasteiger partial charge in [0.2, 0.25) is 0 Å². The third-order valence-electron chi connectivity index (χ3n) is 7.38. The topological polar surface area (TPSA) is 88.4 Å². The predicted molar refractivity (Wildman–Crippen MR) is 136 cm³/mol. The summed E-state index contributed by atoms with van der Waals surface area (Å²) in [5.41, 5.74) is 1.35. The number of carbonyl (C=O) groups excluding carboxylic acids is 1.